The Balaban J connectivity index is 1.05. The summed E-state index contributed by atoms with van der Waals surface area (Å²) in [6.45, 7) is 4.19. The van der Waals surface area contributed by atoms with Crippen LogP contribution >= 0.6 is 0 Å². The molecule has 0 amide bonds. The highest BCUT2D eigenvalue weighted by Crippen LogP contribution is 2.61. The smallest absolute Gasteiger partial charge is 0.319 e. The second-order valence-corrected chi connectivity index (χ2v) is 18.5. The van der Waals surface area contributed by atoms with E-state index in [0.29, 0.717) is 46.6 Å². The van der Waals surface area contributed by atoms with Gasteiger partial charge in [-0.2, -0.15) is 15.1 Å². The van der Waals surface area contributed by atoms with Crippen molar-refractivity contribution in [3.8, 4) is 35.2 Å². The number of likely N-dealkylation sites (tertiary alicyclic amines) is 1. The fourth-order valence-corrected chi connectivity index (χ4v) is 11.3. The molecule has 3 atom stereocenters. The van der Waals surface area contributed by atoms with E-state index in [1.54, 1.807) is 17.9 Å². The molecule has 15 heteroatoms. The van der Waals surface area contributed by atoms with E-state index < -0.39 is 23.0 Å². The SMILES string of the molecule is C#Cc1c(F)ccc2cc(O)cc(-c3c(F)c4nc(OC[C@]5(CN(C)C6CCOCC6)CC5(F)F)nc(N5C6CCC5CN(C5CC7(COC7)C5)C6)c4c4cn(C)nc34)c12. The summed E-state index contributed by atoms with van der Waals surface area (Å²) in [5.74, 6) is -1.72. The molecule has 2 aliphatic carbocycles. The van der Waals surface area contributed by atoms with Gasteiger partial charge in [0, 0.05) is 98.4 Å². The number of alkyl halides is 2. The third kappa shape index (κ3) is 5.88. The van der Waals surface area contributed by atoms with Crippen molar-refractivity contribution in [2.24, 2.45) is 17.9 Å². The molecule has 4 aliphatic heterocycles. The highest BCUT2D eigenvalue weighted by molar-refractivity contribution is 6.18. The van der Waals surface area contributed by atoms with Gasteiger partial charge in [-0.1, -0.05) is 12.0 Å². The van der Waals surface area contributed by atoms with Crippen LogP contribution in [0.25, 0.3) is 43.7 Å². The normalized spacial score (nSPS) is 26.3. The summed E-state index contributed by atoms with van der Waals surface area (Å²) in [6, 6.07) is 6.01. The number of nitrogens with zero attached hydrogens (tertiary/aromatic N) is 7. The number of fused-ring (bicyclic) bond motifs is 6. The van der Waals surface area contributed by atoms with Gasteiger partial charge >= 0.3 is 6.01 Å². The molecule has 6 fully saturated rings. The number of halogens is 4. The molecular weight excluding hydrogens is 779 g/mol. The first-order valence-electron chi connectivity index (χ1n) is 21.0. The maximum Gasteiger partial charge on any atom is 0.319 e. The summed E-state index contributed by atoms with van der Waals surface area (Å²) < 4.78 is 83.1. The summed E-state index contributed by atoms with van der Waals surface area (Å²) in [5, 5.41) is 17.3. The molecule has 1 N–H and O–H groups in total. The fourth-order valence-electron chi connectivity index (χ4n) is 11.3. The van der Waals surface area contributed by atoms with Crippen LogP contribution in [-0.2, 0) is 16.5 Å². The number of rotatable bonds is 9. The van der Waals surface area contributed by atoms with Crippen molar-refractivity contribution in [1.29, 1.82) is 0 Å². The van der Waals surface area contributed by atoms with Crippen molar-refractivity contribution in [1.82, 2.24) is 29.5 Å². The van der Waals surface area contributed by atoms with Gasteiger partial charge in [-0.05, 0) is 74.7 Å². The van der Waals surface area contributed by atoms with Crippen LogP contribution in [0.15, 0.2) is 30.5 Å². The molecule has 3 aromatic carbocycles. The summed E-state index contributed by atoms with van der Waals surface area (Å²) in [4.78, 5) is 16.6. The van der Waals surface area contributed by atoms with Gasteiger partial charge in [0.05, 0.1) is 29.6 Å². The third-order valence-corrected chi connectivity index (χ3v) is 14.6. The minimum Gasteiger partial charge on any atom is -0.508 e. The lowest BCUT2D eigenvalue weighted by Gasteiger charge is -2.58. The van der Waals surface area contributed by atoms with Gasteiger partial charge in [-0.3, -0.25) is 9.58 Å². The van der Waals surface area contributed by atoms with E-state index in [0.717, 1.165) is 64.8 Å². The first-order valence-corrected chi connectivity index (χ1v) is 21.0. The van der Waals surface area contributed by atoms with Gasteiger partial charge in [0.25, 0.3) is 5.92 Å². The third-order valence-electron chi connectivity index (χ3n) is 14.6. The molecule has 0 radical (unpaired) electrons. The molecule has 11 rings (SSSR count). The zero-order valence-electron chi connectivity index (χ0n) is 33.7. The molecule has 5 aromatic rings. The molecule has 6 aliphatic rings. The van der Waals surface area contributed by atoms with Crippen molar-refractivity contribution < 1.29 is 36.9 Å². The Kier molecular flexibility index (Phi) is 8.67. The minimum atomic E-state index is -2.96. The summed E-state index contributed by atoms with van der Waals surface area (Å²) in [5.41, 5.74) is -0.976. The number of ether oxygens (including phenoxy) is 3. The zero-order chi connectivity index (χ0) is 41.3. The lowest BCUT2D eigenvalue weighted by Crippen LogP contribution is -2.64. The summed E-state index contributed by atoms with van der Waals surface area (Å²) in [6.07, 6.45) is 12.9. The van der Waals surface area contributed by atoms with E-state index in [-0.39, 0.29) is 82.6 Å². The van der Waals surface area contributed by atoms with E-state index in [1.165, 1.54) is 24.3 Å². The minimum absolute atomic E-state index is 0.0355. The molecule has 1 spiro atoms. The summed E-state index contributed by atoms with van der Waals surface area (Å²) >= 11 is 0. The molecule has 314 valence electrons. The van der Waals surface area contributed by atoms with Crippen molar-refractivity contribution in [3.05, 3.63) is 47.7 Å². The van der Waals surface area contributed by atoms with Crippen LogP contribution in [0.5, 0.6) is 11.8 Å². The van der Waals surface area contributed by atoms with E-state index in [9.17, 15) is 5.11 Å². The number of benzene rings is 3. The molecule has 6 heterocycles. The summed E-state index contributed by atoms with van der Waals surface area (Å²) in [7, 11) is 3.60. The van der Waals surface area contributed by atoms with E-state index in [2.05, 4.69) is 15.7 Å². The molecule has 2 unspecified atom stereocenters. The van der Waals surface area contributed by atoms with Crippen LogP contribution in [0.1, 0.15) is 50.5 Å². The Morgan fingerprint density at radius 3 is 2.38 bits per heavy atom. The Bertz CT molecular complexity index is 2600. The van der Waals surface area contributed by atoms with Gasteiger partial charge < -0.3 is 29.1 Å². The molecule has 2 saturated carbocycles. The van der Waals surface area contributed by atoms with Crippen LogP contribution in [0.4, 0.5) is 23.4 Å². The van der Waals surface area contributed by atoms with Crippen LogP contribution < -0.4 is 9.64 Å². The fraction of sp³-hybridized carbons (Fsp3) is 0.533. The van der Waals surface area contributed by atoms with Crippen molar-refractivity contribution in [2.75, 3.05) is 64.6 Å². The number of anilines is 1. The van der Waals surface area contributed by atoms with Gasteiger partial charge in [0.2, 0.25) is 0 Å². The molecule has 2 bridgehead atoms. The maximum absolute atomic E-state index is 18.0. The quantitative estimate of drug-likeness (QED) is 0.129. The second kappa shape index (κ2) is 13.6. The van der Waals surface area contributed by atoms with Crippen LogP contribution in [0, 0.1) is 34.8 Å². The first-order chi connectivity index (χ1) is 28.9. The standard InChI is InChI=1S/C45H47F4N7O4/c1-4-31-34(46)8-5-25-13-30(57)14-32(35(25)31)36-38(47)40-37(33-19-54(3)52-39(33)36)41(56-27-6-7-28(56)18-55(17-27)29-15-43(16-29)22-59-23-43)51-42(50-40)60-24-44(20-45(44,48)49)21-53(2)26-9-11-58-12-10-26/h1,5,8,13-14,19,26-29,57H,6-7,9-12,15-18,20-24H2,2-3H3/t27?,28?,44-/m1/s1. The number of phenols is 1. The first kappa shape index (κ1) is 38.2. The number of terminal acetylenes is 1. The van der Waals surface area contributed by atoms with Gasteiger partial charge in [-0.25, -0.2) is 17.6 Å². The van der Waals surface area contributed by atoms with Crippen LogP contribution in [0.3, 0.4) is 0 Å². The second-order valence-electron chi connectivity index (χ2n) is 18.5. The van der Waals surface area contributed by atoms with E-state index >= 15 is 17.6 Å². The molecule has 4 saturated heterocycles. The highest BCUT2D eigenvalue weighted by Gasteiger charge is 2.72. The van der Waals surface area contributed by atoms with Crippen molar-refractivity contribution in [2.45, 2.75) is 75.0 Å². The highest BCUT2D eigenvalue weighted by atomic mass is 19.3. The van der Waals surface area contributed by atoms with Crippen molar-refractivity contribution in [3.63, 3.8) is 0 Å². The Morgan fingerprint density at radius 1 is 0.983 bits per heavy atom. The number of hydrogen-bond acceptors (Lipinski definition) is 10. The Morgan fingerprint density at radius 2 is 1.72 bits per heavy atom. The maximum atomic E-state index is 18.0. The average Bonchev–Trinajstić information content (AvgIpc) is 3.37. The monoisotopic (exact) mass is 825 g/mol. The average molecular weight is 826 g/mol. The predicted octanol–water partition coefficient (Wildman–Crippen LogP) is 6.65. The molecule has 2 aromatic heterocycles. The zero-order valence-corrected chi connectivity index (χ0v) is 33.7. The van der Waals surface area contributed by atoms with E-state index in [4.69, 9.17) is 35.7 Å². The lowest BCUT2D eigenvalue weighted by atomic mass is 9.63. The van der Waals surface area contributed by atoms with Gasteiger partial charge in [0.1, 0.15) is 35.0 Å². The number of phenolic OH excluding ortho intramolecular Hbond substituents is 1. The number of aryl methyl sites for hydroxylation is 1. The number of aromatic hydroxyl groups is 1. The van der Waals surface area contributed by atoms with Crippen molar-refractivity contribution >= 4 is 38.4 Å². The lowest BCUT2D eigenvalue weighted by molar-refractivity contribution is -0.185. The van der Waals surface area contributed by atoms with Gasteiger partial charge in [-0.15, -0.1) is 6.42 Å². The van der Waals surface area contributed by atoms with Crippen LogP contribution in [0.2, 0.25) is 0 Å². The van der Waals surface area contributed by atoms with Gasteiger partial charge in [0.15, 0.2) is 5.82 Å². The topological polar surface area (TPSA) is 101 Å². The number of piperazine rings is 1. The Labute approximate surface area is 344 Å². The molecule has 11 nitrogen and oxygen atoms in total. The Hall–Kier alpha value is -4.75. The largest absolute Gasteiger partial charge is 0.508 e. The predicted molar refractivity (Wildman–Crippen MR) is 217 cm³/mol. The number of aromatic nitrogens is 4. The molecule has 60 heavy (non-hydrogen) atoms. The van der Waals surface area contributed by atoms with E-state index in [1.807, 2.05) is 11.9 Å². The number of hydrogen-bond donors (Lipinski definition) is 1. The molecular formula is C45H47F4N7O4. The van der Waals surface area contributed by atoms with Crippen LogP contribution in [-0.4, -0.2) is 124 Å².